The number of hydrogen-bond donors (Lipinski definition) is 0. The Morgan fingerprint density at radius 2 is 2.17 bits per heavy atom. The quantitative estimate of drug-likeness (QED) is 0.852. The Bertz CT molecular complexity index is 696. The molecule has 1 unspecified atom stereocenters. The first-order valence-electron chi connectivity index (χ1n) is 8.57. The van der Waals surface area contributed by atoms with Gasteiger partial charge in [-0.2, -0.15) is 0 Å². The minimum atomic E-state index is -0.0644. The summed E-state index contributed by atoms with van der Waals surface area (Å²) in [6.45, 7) is 6.46. The molecular formula is C20H24N2O. The topological polar surface area (TPSA) is 25.4 Å². The van der Waals surface area contributed by atoms with Gasteiger partial charge in [-0.05, 0) is 62.6 Å². The van der Waals surface area contributed by atoms with Gasteiger partial charge in [0.1, 0.15) is 11.4 Å². The number of likely N-dealkylation sites (tertiary alicyclic amines) is 1. The van der Waals surface area contributed by atoms with Gasteiger partial charge >= 0.3 is 0 Å². The molecule has 1 aromatic carbocycles. The van der Waals surface area contributed by atoms with Gasteiger partial charge in [0, 0.05) is 19.2 Å². The Labute approximate surface area is 138 Å². The van der Waals surface area contributed by atoms with Gasteiger partial charge < -0.3 is 4.74 Å². The molecule has 2 aromatic rings. The third-order valence-electron chi connectivity index (χ3n) is 4.91. The lowest BCUT2D eigenvalue weighted by Crippen LogP contribution is -2.24. The van der Waals surface area contributed by atoms with Crippen LogP contribution in [0.15, 0.2) is 42.6 Å². The second-order valence-electron chi connectivity index (χ2n) is 7.36. The zero-order valence-electron chi connectivity index (χ0n) is 14.0. The standard InChI is InChI=1S/C20H24N2O/c1-20(2)13-16-12-15(8-9-19(16)23-20)14-22-11-5-7-18(22)17-6-3-4-10-21-17/h3-4,6,8-10,12,18H,5,7,11,13-14H2,1-2H3. The first-order valence-corrected chi connectivity index (χ1v) is 8.57. The van der Waals surface area contributed by atoms with Gasteiger partial charge in [0.05, 0.1) is 11.7 Å². The van der Waals surface area contributed by atoms with Crippen molar-refractivity contribution in [2.75, 3.05) is 6.54 Å². The van der Waals surface area contributed by atoms with Crippen LogP contribution in [-0.2, 0) is 13.0 Å². The lowest BCUT2D eigenvalue weighted by Gasteiger charge is -2.24. The summed E-state index contributed by atoms with van der Waals surface area (Å²) < 4.78 is 5.99. The summed E-state index contributed by atoms with van der Waals surface area (Å²) >= 11 is 0. The van der Waals surface area contributed by atoms with Crippen molar-refractivity contribution >= 4 is 0 Å². The fraction of sp³-hybridized carbons (Fsp3) is 0.450. The molecule has 3 heterocycles. The minimum Gasteiger partial charge on any atom is -0.487 e. The second-order valence-corrected chi connectivity index (χ2v) is 7.36. The largest absolute Gasteiger partial charge is 0.487 e. The molecule has 23 heavy (non-hydrogen) atoms. The molecule has 1 fully saturated rings. The maximum atomic E-state index is 5.99. The van der Waals surface area contributed by atoms with E-state index in [2.05, 4.69) is 54.1 Å². The van der Waals surface area contributed by atoms with Crippen LogP contribution in [0.4, 0.5) is 0 Å². The maximum Gasteiger partial charge on any atom is 0.123 e. The summed E-state index contributed by atoms with van der Waals surface area (Å²) in [6.07, 6.45) is 5.36. The van der Waals surface area contributed by atoms with Crippen LogP contribution in [0.5, 0.6) is 5.75 Å². The van der Waals surface area contributed by atoms with Crippen LogP contribution < -0.4 is 4.74 Å². The lowest BCUT2D eigenvalue weighted by molar-refractivity contribution is 0.138. The van der Waals surface area contributed by atoms with E-state index in [9.17, 15) is 0 Å². The van der Waals surface area contributed by atoms with Crippen molar-refractivity contribution in [1.29, 1.82) is 0 Å². The van der Waals surface area contributed by atoms with Crippen molar-refractivity contribution in [2.45, 2.75) is 51.3 Å². The van der Waals surface area contributed by atoms with E-state index in [1.165, 1.54) is 29.7 Å². The molecule has 2 aliphatic rings. The Morgan fingerprint density at radius 1 is 1.26 bits per heavy atom. The Hall–Kier alpha value is -1.87. The Kier molecular flexibility index (Phi) is 3.61. The molecule has 1 aromatic heterocycles. The number of rotatable bonds is 3. The highest BCUT2D eigenvalue weighted by molar-refractivity contribution is 5.41. The van der Waals surface area contributed by atoms with E-state index in [1.54, 1.807) is 0 Å². The molecule has 4 rings (SSSR count). The fourth-order valence-corrected chi connectivity index (χ4v) is 3.92. The SMILES string of the molecule is CC1(C)Cc2cc(CN3CCCC3c3ccccn3)ccc2O1. The smallest absolute Gasteiger partial charge is 0.123 e. The Morgan fingerprint density at radius 3 is 3.00 bits per heavy atom. The molecule has 0 aliphatic carbocycles. The fourth-order valence-electron chi connectivity index (χ4n) is 3.92. The molecule has 0 amide bonds. The summed E-state index contributed by atoms with van der Waals surface area (Å²) in [5.74, 6) is 1.06. The van der Waals surface area contributed by atoms with Crippen molar-refractivity contribution in [3.63, 3.8) is 0 Å². The monoisotopic (exact) mass is 308 g/mol. The summed E-state index contributed by atoms with van der Waals surface area (Å²) in [5.41, 5.74) is 3.87. The third kappa shape index (κ3) is 2.98. The number of benzene rings is 1. The summed E-state index contributed by atoms with van der Waals surface area (Å²) in [5, 5.41) is 0. The predicted octanol–water partition coefficient (Wildman–Crippen LogP) is 4.13. The van der Waals surface area contributed by atoms with Crippen molar-refractivity contribution in [3.8, 4) is 5.75 Å². The van der Waals surface area contributed by atoms with Crippen LogP contribution in [0.1, 0.15) is 49.6 Å². The van der Waals surface area contributed by atoms with Crippen LogP contribution in [0, 0.1) is 0 Å². The molecule has 0 spiro atoms. The highest BCUT2D eigenvalue weighted by Gasteiger charge is 2.31. The summed E-state index contributed by atoms with van der Waals surface area (Å²) in [4.78, 5) is 7.13. The molecule has 120 valence electrons. The molecule has 0 N–H and O–H groups in total. The number of pyridine rings is 1. The molecule has 1 saturated heterocycles. The highest BCUT2D eigenvalue weighted by Crippen LogP contribution is 2.37. The molecule has 1 atom stereocenters. The average molecular weight is 308 g/mol. The van der Waals surface area contributed by atoms with Gasteiger partial charge in [0.25, 0.3) is 0 Å². The number of fused-ring (bicyclic) bond motifs is 1. The van der Waals surface area contributed by atoms with Gasteiger partial charge in [0.2, 0.25) is 0 Å². The highest BCUT2D eigenvalue weighted by atomic mass is 16.5. The van der Waals surface area contributed by atoms with E-state index in [-0.39, 0.29) is 5.60 Å². The van der Waals surface area contributed by atoms with Crippen LogP contribution in [0.2, 0.25) is 0 Å². The lowest BCUT2D eigenvalue weighted by atomic mass is 10.00. The van der Waals surface area contributed by atoms with Gasteiger partial charge in [0.15, 0.2) is 0 Å². The zero-order chi connectivity index (χ0) is 15.9. The van der Waals surface area contributed by atoms with Gasteiger partial charge in [-0.15, -0.1) is 0 Å². The summed E-state index contributed by atoms with van der Waals surface area (Å²) in [6, 6.07) is 13.4. The number of hydrogen-bond acceptors (Lipinski definition) is 3. The first-order chi connectivity index (χ1) is 11.1. The van der Waals surface area contributed by atoms with E-state index < -0.39 is 0 Å². The van der Waals surface area contributed by atoms with Crippen LogP contribution >= 0.6 is 0 Å². The average Bonchev–Trinajstić information content (AvgIpc) is 3.10. The van der Waals surface area contributed by atoms with Crippen molar-refractivity contribution < 1.29 is 4.74 Å². The molecule has 0 saturated carbocycles. The predicted molar refractivity (Wildman–Crippen MR) is 91.5 cm³/mol. The molecule has 0 radical (unpaired) electrons. The first kappa shape index (κ1) is 14.7. The third-order valence-corrected chi connectivity index (χ3v) is 4.91. The zero-order valence-corrected chi connectivity index (χ0v) is 14.0. The number of nitrogens with zero attached hydrogens (tertiary/aromatic N) is 2. The van der Waals surface area contributed by atoms with Gasteiger partial charge in [-0.3, -0.25) is 9.88 Å². The van der Waals surface area contributed by atoms with E-state index in [0.717, 1.165) is 25.3 Å². The normalized spacial score (nSPS) is 22.8. The summed E-state index contributed by atoms with van der Waals surface area (Å²) in [7, 11) is 0. The van der Waals surface area contributed by atoms with Gasteiger partial charge in [-0.1, -0.05) is 18.2 Å². The minimum absolute atomic E-state index is 0.0644. The van der Waals surface area contributed by atoms with Crippen LogP contribution in [-0.4, -0.2) is 22.0 Å². The van der Waals surface area contributed by atoms with Crippen molar-refractivity contribution in [3.05, 3.63) is 59.4 Å². The molecular weight excluding hydrogens is 284 g/mol. The van der Waals surface area contributed by atoms with Crippen molar-refractivity contribution in [1.82, 2.24) is 9.88 Å². The van der Waals surface area contributed by atoms with Gasteiger partial charge in [-0.25, -0.2) is 0 Å². The van der Waals surface area contributed by atoms with E-state index in [1.807, 2.05) is 12.3 Å². The van der Waals surface area contributed by atoms with Crippen molar-refractivity contribution in [2.24, 2.45) is 0 Å². The maximum absolute atomic E-state index is 5.99. The van der Waals surface area contributed by atoms with E-state index in [0.29, 0.717) is 6.04 Å². The Balaban J connectivity index is 1.52. The molecule has 3 heteroatoms. The molecule has 0 bridgehead atoms. The van der Waals surface area contributed by atoms with E-state index >= 15 is 0 Å². The number of aromatic nitrogens is 1. The van der Waals surface area contributed by atoms with Crippen LogP contribution in [0.25, 0.3) is 0 Å². The number of ether oxygens (including phenoxy) is 1. The molecule has 2 aliphatic heterocycles. The second kappa shape index (κ2) is 5.64. The van der Waals surface area contributed by atoms with E-state index in [4.69, 9.17) is 4.74 Å². The van der Waals surface area contributed by atoms with Crippen LogP contribution in [0.3, 0.4) is 0 Å². The molecule has 3 nitrogen and oxygen atoms in total.